The van der Waals surface area contributed by atoms with Crippen molar-refractivity contribution in [2.24, 2.45) is 4.99 Å². The minimum Gasteiger partial charge on any atom is -0.336 e. The Morgan fingerprint density at radius 1 is 1.00 bits per heavy atom. The Morgan fingerprint density at radius 3 is 2.64 bits per heavy atom. The van der Waals surface area contributed by atoms with Gasteiger partial charge in [0.15, 0.2) is 5.82 Å². The first-order valence-corrected chi connectivity index (χ1v) is 6.53. The first-order valence-electron chi connectivity index (χ1n) is 6.53. The fraction of sp³-hybridized carbons (Fsp3) is 0. The van der Waals surface area contributed by atoms with Crippen LogP contribution >= 0.6 is 0 Å². The van der Waals surface area contributed by atoms with E-state index in [1.807, 2.05) is 6.07 Å². The molecule has 1 aromatic carbocycles. The maximum absolute atomic E-state index is 14.0. The third kappa shape index (κ3) is 1.86. The number of nitrogens with zero attached hydrogens (tertiary/aromatic N) is 3. The quantitative estimate of drug-likeness (QED) is 0.724. The van der Waals surface area contributed by atoms with Crippen LogP contribution in [0.4, 0.5) is 20.3 Å². The number of amidine groups is 1. The summed E-state index contributed by atoms with van der Waals surface area (Å²) in [7, 11) is 0. The summed E-state index contributed by atoms with van der Waals surface area (Å²) in [4.78, 5) is 8.46. The van der Waals surface area contributed by atoms with E-state index in [1.54, 1.807) is 12.3 Å². The van der Waals surface area contributed by atoms with E-state index < -0.39 is 11.6 Å². The van der Waals surface area contributed by atoms with E-state index in [1.165, 1.54) is 24.4 Å². The van der Waals surface area contributed by atoms with Crippen LogP contribution < -0.4 is 5.32 Å². The summed E-state index contributed by atoms with van der Waals surface area (Å²) in [5, 5.41) is 9.72. The molecule has 0 bridgehead atoms. The summed E-state index contributed by atoms with van der Waals surface area (Å²) in [6.45, 7) is 0. The normalized spacial score (nSPS) is 12.7. The predicted molar refractivity (Wildman–Crippen MR) is 78.0 cm³/mol. The lowest BCUT2D eigenvalue weighted by molar-refractivity contribution is 0.579. The number of rotatable bonds is 1. The highest BCUT2D eigenvalue weighted by Gasteiger charge is 2.22. The fourth-order valence-corrected chi connectivity index (χ4v) is 2.37. The molecule has 1 aliphatic rings. The highest BCUT2D eigenvalue weighted by atomic mass is 19.1. The fourth-order valence-electron chi connectivity index (χ4n) is 2.37. The number of anilines is 1. The van der Waals surface area contributed by atoms with E-state index in [0.29, 0.717) is 22.8 Å². The van der Waals surface area contributed by atoms with Gasteiger partial charge in [0.25, 0.3) is 0 Å². The number of hydrogen-bond acceptors (Lipinski definition) is 4. The van der Waals surface area contributed by atoms with E-state index >= 15 is 0 Å². The number of aliphatic imine (C=N–C) groups is 1. The lowest BCUT2D eigenvalue weighted by Crippen LogP contribution is -2.16. The van der Waals surface area contributed by atoms with Crippen molar-refractivity contribution in [3.8, 4) is 11.3 Å². The Balaban J connectivity index is 1.99. The van der Waals surface area contributed by atoms with Gasteiger partial charge in [0.1, 0.15) is 17.5 Å². The molecule has 5 nitrogen and oxygen atoms in total. The average molecular weight is 297 g/mol. The molecule has 2 aromatic heterocycles. The van der Waals surface area contributed by atoms with Crippen molar-refractivity contribution in [3.63, 3.8) is 0 Å². The maximum atomic E-state index is 14.0. The molecular formula is C15H9F2N5. The van der Waals surface area contributed by atoms with Crippen LogP contribution in [-0.2, 0) is 0 Å². The highest BCUT2D eigenvalue weighted by molar-refractivity contribution is 6.12. The lowest BCUT2D eigenvalue weighted by Gasteiger charge is -2.09. The number of halogens is 2. The maximum Gasteiger partial charge on any atom is 0.163 e. The van der Waals surface area contributed by atoms with Crippen LogP contribution in [0, 0.1) is 11.6 Å². The Bertz CT molecular complexity index is 880. The Labute approximate surface area is 123 Å². The average Bonchev–Trinajstić information content (AvgIpc) is 2.90. The van der Waals surface area contributed by atoms with Crippen LogP contribution in [0.5, 0.6) is 0 Å². The number of aromatic nitrogens is 3. The molecule has 0 fully saturated rings. The first kappa shape index (κ1) is 12.6. The van der Waals surface area contributed by atoms with Gasteiger partial charge in [-0.05, 0) is 24.3 Å². The molecule has 108 valence electrons. The van der Waals surface area contributed by atoms with Crippen molar-refractivity contribution in [2.45, 2.75) is 0 Å². The van der Waals surface area contributed by atoms with Crippen molar-refractivity contribution in [1.29, 1.82) is 0 Å². The topological polar surface area (TPSA) is 66.0 Å². The largest absolute Gasteiger partial charge is 0.336 e. The summed E-state index contributed by atoms with van der Waals surface area (Å²) in [5.41, 5.74) is 1.72. The van der Waals surface area contributed by atoms with Crippen LogP contribution in [0.3, 0.4) is 0 Å². The monoisotopic (exact) mass is 297 g/mol. The number of H-pyrrole nitrogens is 1. The zero-order chi connectivity index (χ0) is 15.1. The summed E-state index contributed by atoms with van der Waals surface area (Å²) >= 11 is 0. The molecule has 0 aliphatic carbocycles. The van der Waals surface area contributed by atoms with Gasteiger partial charge in [-0.15, -0.1) is 0 Å². The summed E-state index contributed by atoms with van der Waals surface area (Å²) in [6, 6.07) is 7.24. The molecule has 3 heterocycles. The SMILES string of the molecule is Fc1cccc(F)c1C1=Nc2ncccc2-c2[nH]ncc2N1. The summed E-state index contributed by atoms with van der Waals surface area (Å²) in [5.74, 6) is -0.988. The number of benzene rings is 1. The Morgan fingerprint density at radius 2 is 1.82 bits per heavy atom. The number of aromatic amines is 1. The van der Waals surface area contributed by atoms with Crippen molar-refractivity contribution >= 4 is 17.3 Å². The number of hydrogen-bond donors (Lipinski definition) is 2. The first-order chi connectivity index (χ1) is 10.7. The Hall–Kier alpha value is -3.09. The van der Waals surface area contributed by atoms with E-state index in [4.69, 9.17) is 0 Å². The minimum absolute atomic E-state index is 0.0516. The zero-order valence-electron chi connectivity index (χ0n) is 11.1. The third-order valence-electron chi connectivity index (χ3n) is 3.37. The molecule has 0 amide bonds. The molecule has 22 heavy (non-hydrogen) atoms. The number of fused-ring (bicyclic) bond motifs is 3. The van der Waals surface area contributed by atoms with Gasteiger partial charge in [-0.2, -0.15) is 5.10 Å². The molecule has 0 saturated carbocycles. The van der Waals surface area contributed by atoms with Crippen LogP contribution in [-0.4, -0.2) is 21.0 Å². The van der Waals surface area contributed by atoms with Gasteiger partial charge in [-0.1, -0.05) is 6.07 Å². The van der Waals surface area contributed by atoms with Gasteiger partial charge >= 0.3 is 0 Å². The Kier molecular flexibility index (Phi) is 2.72. The van der Waals surface area contributed by atoms with Crippen LogP contribution in [0.2, 0.25) is 0 Å². The van der Waals surface area contributed by atoms with Gasteiger partial charge in [0.2, 0.25) is 0 Å². The van der Waals surface area contributed by atoms with Crippen LogP contribution in [0.15, 0.2) is 47.7 Å². The van der Waals surface area contributed by atoms with Gasteiger partial charge in [-0.25, -0.2) is 18.8 Å². The molecule has 3 aromatic rings. The van der Waals surface area contributed by atoms with E-state index in [-0.39, 0.29) is 11.4 Å². The van der Waals surface area contributed by atoms with Gasteiger partial charge in [0, 0.05) is 11.8 Å². The van der Waals surface area contributed by atoms with Crippen molar-refractivity contribution in [2.75, 3.05) is 5.32 Å². The second-order valence-electron chi connectivity index (χ2n) is 4.72. The number of pyridine rings is 1. The molecular weight excluding hydrogens is 288 g/mol. The second kappa shape index (κ2) is 4.73. The van der Waals surface area contributed by atoms with Gasteiger partial charge in [0.05, 0.1) is 23.1 Å². The molecule has 0 saturated heterocycles. The lowest BCUT2D eigenvalue weighted by atomic mass is 10.1. The number of nitrogens with one attached hydrogen (secondary N) is 2. The molecule has 4 rings (SSSR count). The van der Waals surface area contributed by atoms with E-state index in [0.717, 1.165) is 0 Å². The molecule has 0 unspecified atom stereocenters. The van der Waals surface area contributed by atoms with Gasteiger partial charge < -0.3 is 5.32 Å². The van der Waals surface area contributed by atoms with Crippen LogP contribution in [0.25, 0.3) is 11.3 Å². The minimum atomic E-state index is -0.698. The summed E-state index contributed by atoms with van der Waals surface area (Å²) in [6.07, 6.45) is 3.10. The van der Waals surface area contributed by atoms with Crippen molar-refractivity contribution < 1.29 is 8.78 Å². The summed E-state index contributed by atoms with van der Waals surface area (Å²) < 4.78 is 28.1. The zero-order valence-corrected chi connectivity index (χ0v) is 11.1. The van der Waals surface area contributed by atoms with Crippen molar-refractivity contribution in [1.82, 2.24) is 15.2 Å². The van der Waals surface area contributed by atoms with Crippen molar-refractivity contribution in [3.05, 3.63) is 59.9 Å². The highest BCUT2D eigenvalue weighted by Crippen LogP contribution is 2.35. The molecule has 0 spiro atoms. The molecule has 7 heteroatoms. The molecule has 1 aliphatic heterocycles. The van der Waals surface area contributed by atoms with E-state index in [9.17, 15) is 8.78 Å². The third-order valence-corrected chi connectivity index (χ3v) is 3.37. The molecule has 0 radical (unpaired) electrons. The molecule has 0 atom stereocenters. The van der Waals surface area contributed by atoms with E-state index in [2.05, 4.69) is 25.5 Å². The van der Waals surface area contributed by atoms with Gasteiger partial charge in [-0.3, -0.25) is 5.10 Å². The molecule has 2 N–H and O–H groups in total. The standard InChI is InChI=1S/C15H9F2N5/c16-9-4-1-5-10(17)12(9)15-20-11-7-19-22-13(11)8-3-2-6-18-14(8)21-15/h1-7H,(H,19,22)(H,18,20,21). The second-order valence-corrected chi connectivity index (χ2v) is 4.72. The predicted octanol–water partition coefficient (Wildman–Crippen LogP) is 3.25. The smallest absolute Gasteiger partial charge is 0.163 e. The van der Waals surface area contributed by atoms with Crippen LogP contribution in [0.1, 0.15) is 5.56 Å².